The van der Waals surface area contributed by atoms with Crippen LogP contribution in [0.2, 0.25) is 5.02 Å². The normalized spacial score (nSPS) is 22.3. The topological polar surface area (TPSA) is 58.9 Å². The van der Waals surface area contributed by atoms with Crippen LogP contribution in [0.5, 0.6) is 0 Å². The van der Waals surface area contributed by atoms with Gasteiger partial charge in [0.2, 0.25) is 0 Å². The second-order valence-corrected chi connectivity index (χ2v) is 9.04. The predicted molar refractivity (Wildman–Crippen MR) is 109 cm³/mol. The maximum absolute atomic E-state index is 12.8. The first kappa shape index (κ1) is 19.9. The van der Waals surface area contributed by atoms with Crippen LogP contribution >= 0.6 is 11.6 Å². The number of oxime groups is 1. The lowest BCUT2D eigenvalue weighted by Crippen LogP contribution is -2.23. The number of benzene rings is 1. The number of Topliss-reactive ketones (excluding diaryl/α,β-unsaturated/α-hetero) is 1. The highest BCUT2D eigenvalue weighted by Gasteiger charge is 2.37. The second kappa shape index (κ2) is 6.97. The van der Waals surface area contributed by atoms with E-state index in [-0.39, 0.29) is 28.4 Å². The molecule has 0 bridgehead atoms. The average molecular weight is 390 g/mol. The van der Waals surface area contributed by atoms with E-state index in [4.69, 9.17) is 16.4 Å². The number of fused-ring (bicyclic) bond motifs is 1. The van der Waals surface area contributed by atoms with Crippen LogP contribution in [0, 0.1) is 19.3 Å². The molecule has 0 saturated heterocycles. The van der Waals surface area contributed by atoms with Crippen LogP contribution in [0.1, 0.15) is 67.3 Å². The molecule has 1 aromatic rings. The zero-order valence-electron chi connectivity index (χ0n) is 17.0. The van der Waals surface area contributed by atoms with E-state index < -0.39 is 0 Å². The lowest BCUT2D eigenvalue weighted by Gasteiger charge is -2.28. The van der Waals surface area contributed by atoms with Crippen molar-refractivity contribution in [3.8, 4) is 0 Å². The van der Waals surface area contributed by atoms with Crippen molar-refractivity contribution in [1.29, 1.82) is 0 Å². The minimum Gasteiger partial charge on any atom is -0.511 e. The Hall–Kier alpha value is -1.81. The van der Waals surface area contributed by atoms with Gasteiger partial charge in [-0.15, -0.1) is 0 Å². The molecule has 0 fully saturated rings. The van der Waals surface area contributed by atoms with Crippen LogP contribution in [-0.4, -0.2) is 23.7 Å². The smallest absolute Gasteiger partial charge is 0.168 e. The molecule has 1 N–H and O–H groups in total. The minimum absolute atomic E-state index is 0.0727. The summed E-state index contributed by atoms with van der Waals surface area (Å²) in [5, 5.41) is 15.1. The summed E-state index contributed by atoms with van der Waals surface area (Å²) in [5.74, 6) is -0.156. The Kier molecular flexibility index (Phi) is 5.15. The molecule has 0 aromatic heterocycles. The van der Waals surface area contributed by atoms with Crippen LogP contribution in [0.4, 0.5) is 0 Å². The van der Waals surface area contributed by atoms with Gasteiger partial charge >= 0.3 is 0 Å². The number of hydrogen-bond donors (Lipinski definition) is 1. The summed E-state index contributed by atoms with van der Waals surface area (Å²) in [6.45, 7) is 10.4. The maximum Gasteiger partial charge on any atom is 0.168 e. The maximum atomic E-state index is 12.8. The SMILES string of the molecule is CO/N=C(/C)C1=C(O)CC(c2c(C)c3c(c(C)c2Cl)CC(C)(C)C3)CC1=O. The lowest BCUT2D eigenvalue weighted by molar-refractivity contribution is -0.116. The summed E-state index contributed by atoms with van der Waals surface area (Å²) < 4.78 is 0. The average Bonchev–Trinajstić information content (AvgIpc) is 2.89. The van der Waals surface area contributed by atoms with Crippen molar-refractivity contribution in [3.05, 3.63) is 44.2 Å². The first-order chi connectivity index (χ1) is 12.6. The van der Waals surface area contributed by atoms with Gasteiger partial charge in [0, 0.05) is 17.9 Å². The van der Waals surface area contributed by atoms with Crippen molar-refractivity contribution in [2.24, 2.45) is 10.6 Å². The molecule has 0 heterocycles. The third-order valence-corrected chi connectivity index (χ3v) is 6.47. The number of aliphatic hydroxyl groups is 1. The van der Waals surface area contributed by atoms with Gasteiger partial charge in [0.1, 0.15) is 12.9 Å². The van der Waals surface area contributed by atoms with Crippen molar-refractivity contribution in [2.75, 3.05) is 7.11 Å². The molecule has 0 amide bonds. The fraction of sp³-hybridized carbons (Fsp3) is 0.545. The molecule has 27 heavy (non-hydrogen) atoms. The highest BCUT2D eigenvalue weighted by Crippen LogP contribution is 2.47. The summed E-state index contributed by atoms with van der Waals surface area (Å²) in [4.78, 5) is 17.5. The van der Waals surface area contributed by atoms with Gasteiger partial charge in [-0.05, 0) is 72.8 Å². The molecule has 146 valence electrons. The van der Waals surface area contributed by atoms with E-state index in [1.54, 1.807) is 6.92 Å². The van der Waals surface area contributed by atoms with Gasteiger partial charge in [-0.25, -0.2) is 0 Å². The summed E-state index contributed by atoms with van der Waals surface area (Å²) in [7, 11) is 1.43. The fourth-order valence-electron chi connectivity index (χ4n) is 4.79. The van der Waals surface area contributed by atoms with Gasteiger partial charge in [0.05, 0.1) is 11.3 Å². The molecule has 1 atom stereocenters. The van der Waals surface area contributed by atoms with Gasteiger partial charge in [-0.3, -0.25) is 4.79 Å². The highest BCUT2D eigenvalue weighted by atomic mass is 35.5. The largest absolute Gasteiger partial charge is 0.511 e. The number of carbonyl (C=O) groups is 1. The predicted octanol–water partition coefficient (Wildman–Crippen LogP) is 5.36. The monoisotopic (exact) mass is 389 g/mol. The molecule has 4 nitrogen and oxygen atoms in total. The summed E-state index contributed by atoms with van der Waals surface area (Å²) in [5.41, 5.74) is 6.97. The van der Waals surface area contributed by atoms with Gasteiger partial charge < -0.3 is 9.94 Å². The van der Waals surface area contributed by atoms with Gasteiger partial charge in [0.15, 0.2) is 5.78 Å². The highest BCUT2D eigenvalue weighted by molar-refractivity contribution is 6.32. The van der Waals surface area contributed by atoms with Crippen molar-refractivity contribution in [2.45, 2.75) is 66.2 Å². The third kappa shape index (κ3) is 3.40. The van der Waals surface area contributed by atoms with Crippen molar-refractivity contribution < 1.29 is 14.7 Å². The Morgan fingerprint density at radius 3 is 2.33 bits per heavy atom. The first-order valence-electron chi connectivity index (χ1n) is 9.41. The van der Waals surface area contributed by atoms with Crippen LogP contribution < -0.4 is 0 Å². The Labute approximate surface area is 166 Å². The molecule has 3 rings (SSSR count). The fourth-order valence-corrected chi connectivity index (χ4v) is 5.20. The van der Waals surface area contributed by atoms with Crippen LogP contribution in [0.3, 0.4) is 0 Å². The van der Waals surface area contributed by atoms with Crippen molar-refractivity contribution in [3.63, 3.8) is 0 Å². The molecule has 0 saturated carbocycles. The third-order valence-electron chi connectivity index (χ3n) is 5.99. The van der Waals surface area contributed by atoms with Gasteiger partial charge in [-0.2, -0.15) is 0 Å². The molecule has 0 aliphatic heterocycles. The molecular weight excluding hydrogens is 362 g/mol. The van der Waals surface area contributed by atoms with Gasteiger partial charge in [-0.1, -0.05) is 30.6 Å². The number of hydrogen-bond acceptors (Lipinski definition) is 4. The molecule has 0 radical (unpaired) electrons. The summed E-state index contributed by atoms with van der Waals surface area (Å²) in [6, 6.07) is 0. The van der Waals surface area contributed by atoms with E-state index in [1.807, 2.05) is 0 Å². The molecule has 2 aliphatic rings. The van der Waals surface area contributed by atoms with E-state index in [0.29, 0.717) is 18.6 Å². The number of allylic oxidation sites excluding steroid dienone is 2. The standard InChI is InChI=1S/C22H28ClNO3/c1-11-15-9-22(4,5)10-16(15)12(2)21(23)19(11)14-7-17(25)20(18(26)8-14)13(3)24-27-6/h14,25H,7-10H2,1-6H3/b24-13-. The number of ketones is 1. The second-order valence-electron chi connectivity index (χ2n) is 8.66. The van der Waals surface area contributed by atoms with Crippen molar-refractivity contribution in [1.82, 2.24) is 0 Å². The Morgan fingerprint density at radius 1 is 1.19 bits per heavy atom. The van der Waals surface area contributed by atoms with Crippen LogP contribution in [0.15, 0.2) is 16.5 Å². The first-order valence-corrected chi connectivity index (χ1v) is 9.79. The number of halogens is 1. The molecule has 5 heteroatoms. The molecule has 1 aromatic carbocycles. The molecule has 0 spiro atoms. The zero-order chi connectivity index (χ0) is 20.1. The number of carbonyl (C=O) groups excluding carboxylic acids is 1. The number of aliphatic hydroxyl groups excluding tert-OH is 1. The Morgan fingerprint density at radius 2 is 1.78 bits per heavy atom. The lowest BCUT2D eigenvalue weighted by atomic mass is 9.78. The number of nitrogens with zero attached hydrogens (tertiary/aromatic N) is 1. The van der Waals surface area contributed by atoms with Crippen LogP contribution in [0.25, 0.3) is 0 Å². The Balaban J connectivity index is 2.06. The van der Waals surface area contributed by atoms with E-state index in [1.165, 1.54) is 23.8 Å². The number of rotatable bonds is 3. The van der Waals surface area contributed by atoms with E-state index in [0.717, 1.165) is 29.0 Å². The molecule has 2 aliphatic carbocycles. The summed E-state index contributed by atoms with van der Waals surface area (Å²) in [6.07, 6.45) is 2.76. The van der Waals surface area contributed by atoms with E-state index in [2.05, 4.69) is 32.9 Å². The van der Waals surface area contributed by atoms with Crippen LogP contribution in [-0.2, 0) is 22.5 Å². The Bertz CT molecular complexity index is 880. The van der Waals surface area contributed by atoms with Crippen molar-refractivity contribution >= 4 is 23.1 Å². The zero-order valence-corrected chi connectivity index (χ0v) is 17.8. The quantitative estimate of drug-likeness (QED) is 0.559. The minimum atomic E-state index is -0.115. The summed E-state index contributed by atoms with van der Waals surface area (Å²) >= 11 is 6.80. The van der Waals surface area contributed by atoms with E-state index in [9.17, 15) is 9.90 Å². The van der Waals surface area contributed by atoms with Gasteiger partial charge in [0.25, 0.3) is 0 Å². The molecule has 1 unspecified atom stereocenters. The molecular formula is C22H28ClNO3. The van der Waals surface area contributed by atoms with E-state index >= 15 is 0 Å².